The first-order valence-electron chi connectivity index (χ1n) is 9.92. The molecule has 1 atom stereocenters. The number of carbonyl (C=O) groups excluding carboxylic acids is 1. The maximum absolute atomic E-state index is 13.0. The first-order valence-corrected chi connectivity index (χ1v) is 10.7. The normalized spacial score (nSPS) is 19.6. The van der Waals surface area contributed by atoms with Gasteiger partial charge in [-0.3, -0.25) is 9.36 Å². The third kappa shape index (κ3) is 4.22. The van der Waals surface area contributed by atoms with Crippen LogP contribution >= 0.6 is 23.2 Å². The van der Waals surface area contributed by atoms with Gasteiger partial charge in [-0.15, -0.1) is 0 Å². The summed E-state index contributed by atoms with van der Waals surface area (Å²) in [5, 5.41) is 5.48. The van der Waals surface area contributed by atoms with E-state index in [2.05, 4.69) is 5.10 Å². The van der Waals surface area contributed by atoms with Gasteiger partial charge in [0.2, 0.25) is 0 Å². The first kappa shape index (κ1) is 20.4. The van der Waals surface area contributed by atoms with Crippen molar-refractivity contribution in [3.8, 4) is 0 Å². The molecule has 1 aliphatic heterocycles. The van der Waals surface area contributed by atoms with E-state index in [0.29, 0.717) is 41.8 Å². The van der Waals surface area contributed by atoms with Crippen LogP contribution in [0, 0.1) is 0 Å². The number of carbonyl (C=O) groups is 1. The lowest BCUT2D eigenvalue weighted by Crippen LogP contribution is -2.40. The topological polar surface area (TPSA) is 69.4 Å². The monoisotopic (exact) mass is 438 g/mol. The zero-order valence-corrected chi connectivity index (χ0v) is 17.8. The van der Waals surface area contributed by atoms with Gasteiger partial charge >= 0.3 is 5.69 Å². The van der Waals surface area contributed by atoms with Gasteiger partial charge in [0.15, 0.2) is 0 Å². The van der Waals surface area contributed by atoms with Crippen LogP contribution in [0.25, 0.3) is 0 Å². The fourth-order valence-electron chi connectivity index (χ4n) is 3.92. The molecule has 1 unspecified atom stereocenters. The number of piperidine rings is 1. The summed E-state index contributed by atoms with van der Waals surface area (Å²) in [7, 11) is 1.61. The Bertz CT molecular complexity index is 967. The molecule has 2 heterocycles. The van der Waals surface area contributed by atoms with Crippen LogP contribution in [0.3, 0.4) is 0 Å². The fraction of sp³-hybridized carbons (Fsp3) is 0.550. The number of hydrogen-bond acceptors (Lipinski definition) is 4. The maximum Gasteiger partial charge on any atom is 0.346 e. The summed E-state index contributed by atoms with van der Waals surface area (Å²) < 4.78 is 8.44. The summed E-state index contributed by atoms with van der Waals surface area (Å²) in [5.41, 5.74) is 0.366. The standard InChI is InChI=1S/C20H24Cl2N4O3/c1-29-10-9-25-20(28)26(15-5-6-15)18(23-25)13-3-2-8-24(12-13)19(27)16-7-4-14(21)11-17(16)22/h4,7,11,13,15H,2-3,5-6,8-10,12H2,1H3. The van der Waals surface area contributed by atoms with Gasteiger partial charge < -0.3 is 9.64 Å². The Morgan fingerprint density at radius 3 is 2.76 bits per heavy atom. The molecule has 7 nitrogen and oxygen atoms in total. The van der Waals surface area contributed by atoms with Crippen LogP contribution in [0.15, 0.2) is 23.0 Å². The second-order valence-electron chi connectivity index (χ2n) is 7.67. The van der Waals surface area contributed by atoms with Gasteiger partial charge in [0.25, 0.3) is 5.91 Å². The molecule has 1 aromatic carbocycles. The number of rotatable bonds is 6. The molecule has 0 radical (unpaired) electrons. The van der Waals surface area contributed by atoms with Crippen molar-refractivity contribution in [3.63, 3.8) is 0 Å². The van der Waals surface area contributed by atoms with Crippen molar-refractivity contribution < 1.29 is 9.53 Å². The second kappa shape index (κ2) is 8.50. The van der Waals surface area contributed by atoms with Gasteiger partial charge in [0, 0.05) is 37.2 Å². The molecule has 2 aliphatic rings. The van der Waals surface area contributed by atoms with Crippen LogP contribution in [0.4, 0.5) is 0 Å². The van der Waals surface area contributed by atoms with Crippen molar-refractivity contribution in [1.82, 2.24) is 19.2 Å². The molecular weight excluding hydrogens is 415 g/mol. The number of hydrogen-bond donors (Lipinski definition) is 0. The summed E-state index contributed by atoms with van der Waals surface area (Å²) in [6.45, 7) is 2.04. The second-order valence-corrected chi connectivity index (χ2v) is 8.52. The van der Waals surface area contributed by atoms with Crippen LogP contribution in [-0.4, -0.2) is 52.0 Å². The van der Waals surface area contributed by atoms with E-state index in [1.54, 1.807) is 30.2 Å². The third-order valence-electron chi connectivity index (χ3n) is 5.55. The van der Waals surface area contributed by atoms with E-state index in [1.807, 2.05) is 4.57 Å². The molecule has 4 rings (SSSR count). The molecule has 2 aromatic rings. The number of methoxy groups -OCH3 is 1. The lowest BCUT2D eigenvalue weighted by atomic mass is 9.96. The summed E-state index contributed by atoms with van der Waals surface area (Å²) >= 11 is 12.2. The van der Waals surface area contributed by atoms with Gasteiger partial charge in [0.05, 0.1) is 23.7 Å². The Morgan fingerprint density at radius 1 is 1.28 bits per heavy atom. The third-order valence-corrected chi connectivity index (χ3v) is 6.10. The van der Waals surface area contributed by atoms with E-state index >= 15 is 0 Å². The van der Waals surface area contributed by atoms with Gasteiger partial charge in [-0.05, 0) is 43.9 Å². The van der Waals surface area contributed by atoms with E-state index < -0.39 is 0 Å². The predicted molar refractivity (Wildman–Crippen MR) is 111 cm³/mol. The first-order chi connectivity index (χ1) is 14.0. The predicted octanol–water partition coefficient (Wildman–Crippen LogP) is 3.35. The Balaban J connectivity index is 1.58. The number of benzene rings is 1. The molecule has 0 spiro atoms. The molecule has 1 saturated heterocycles. The van der Waals surface area contributed by atoms with Crippen LogP contribution in [0.2, 0.25) is 10.0 Å². The molecule has 1 amide bonds. The van der Waals surface area contributed by atoms with Crippen molar-refractivity contribution >= 4 is 29.1 Å². The molecule has 9 heteroatoms. The molecular formula is C20H24Cl2N4O3. The van der Waals surface area contributed by atoms with Crippen molar-refractivity contribution in [3.05, 3.63) is 50.1 Å². The van der Waals surface area contributed by atoms with Crippen molar-refractivity contribution in [2.24, 2.45) is 0 Å². The highest BCUT2D eigenvalue weighted by molar-refractivity contribution is 6.36. The summed E-state index contributed by atoms with van der Waals surface area (Å²) in [6, 6.07) is 5.14. The summed E-state index contributed by atoms with van der Waals surface area (Å²) in [6.07, 6.45) is 3.74. The summed E-state index contributed by atoms with van der Waals surface area (Å²) in [4.78, 5) is 27.7. The van der Waals surface area contributed by atoms with Crippen LogP contribution in [0.5, 0.6) is 0 Å². The van der Waals surface area contributed by atoms with Crippen molar-refractivity contribution in [2.75, 3.05) is 26.8 Å². The van der Waals surface area contributed by atoms with Gasteiger partial charge in [-0.25, -0.2) is 9.48 Å². The molecule has 1 aromatic heterocycles. The Kier molecular flexibility index (Phi) is 5.99. The SMILES string of the molecule is COCCn1nc(C2CCCN(C(=O)c3ccc(Cl)cc3Cl)C2)n(C2CC2)c1=O. The molecule has 0 bridgehead atoms. The number of ether oxygens (including phenoxy) is 1. The van der Waals surface area contributed by atoms with Gasteiger partial charge in [-0.2, -0.15) is 5.10 Å². The fourth-order valence-corrected chi connectivity index (χ4v) is 4.41. The van der Waals surface area contributed by atoms with E-state index in [-0.39, 0.29) is 23.6 Å². The average molecular weight is 439 g/mol. The number of nitrogens with zero attached hydrogens (tertiary/aromatic N) is 4. The van der Waals surface area contributed by atoms with Crippen LogP contribution in [-0.2, 0) is 11.3 Å². The number of aromatic nitrogens is 3. The molecule has 156 valence electrons. The lowest BCUT2D eigenvalue weighted by Gasteiger charge is -2.32. The molecule has 1 aliphatic carbocycles. The van der Waals surface area contributed by atoms with E-state index in [9.17, 15) is 9.59 Å². The molecule has 1 saturated carbocycles. The van der Waals surface area contributed by atoms with E-state index in [4.69, 9.17) is 27.9 Å². The smallest absolute Gasteiger partial charge is 0.346 e. The van der Waals surface area contributed by atoms with Crippen LogP contribution in [0.1, 0.15) is 53.8 Å². The summed E-state index contributed by atoms with van der Waals surface area (Å²) in [5.74, 6) is 0.694. The molecule has 0 N–H and O–H groups in total. The minimum absolute atomic E-state index is 0.0240. The minimum atomic E-state index is -0.115. The van der Waals surface area contributed by atoms with E-state index in [0.717, 1.165) is 31.5 Å². The largest absolute Gasteiger partial charge is 0.383 e. The Hall–Kier alpha value is -1.83. The maximum atomic E-state index is 13.0. The highest BCUT2D eigenvalue weighted by Crippen LogP contribution is 2.37. The van der Waals surface area contributed by atoms with Crippen molar-refractivity contribution in [1.29, 1.82) is 0 Å². The van der Waals surface area contributed by atoms with E-state index in [1.165, 1.54) is 4.68 Å². The van der Waals surface area contributed by atoms with Gasteiger partial charge in [-0.1, -0.05) is 23.2 Å². The van der Waals surface area contributed by atoms with Crippen molar-refractivity contribution in [2.45, 2.75) is 44.2 Å². The Labute approximate surface area is 179 Å². The quantitative estimate of drug-likeness (QED) is 0.693. The zero-order chi connectivity index (χ0) is 20.5. The lowest BCUT2D eigenvalue weighted by molar-refractivity contribution is 0.0703. The average Bonchev–Trinajstić information content (AvgIpc) is 3.49. The highest BCUT2D eigenvalue weighted by atomic mass is 35.5. The number of halogens is 2. The number of amides is 1. The zero-order valence-electron chi connectivity index (χ0n) is 16.3. The Morgan fingerprint density at radius 2 is 2.07 bits per heavy atom. The van der Waals surface area contributed by atoms with Crippen LogP contribution < -0.4 is 5.69 Å². The highest BCUT2D eigenvalue weighted by Gasteiger charge is 2.35. The number of likely N-dealkylation sites (tertiary alicyclic amines) is 1. The molecule has 29 heavy (non-hydrogen) atoms. The van der Waals surface area contributed by atoms with Gasteiger partial charge in [0.1, 0.15) is 5.82 Å². The minimum Gasteiger partial charge on any atom is -0.383 e. The molecule has 2 fully saturated rings.